The van der Waals surface area contributed by atoms with Crippen LogP contribution in [-0.2, 0) is 4.79 Å². The molecule has 0 amide bonds. The van der Waals surface area contributed by atoms with Crippen LogP contribution >= 0.6 is 0 Å². The number of rotatable bonds is 9. The largest absolute Gasteiger partial charge is 0.494 e. The van der Waals surface area contributed by atoms with Crippen LogP contribution in [0.15, 0.2) is 36.4 Å². The van der Waals surface area contributed by atoms with Crippen LogP contribution in [0.3, 0.4) is 0 Å². The van der Waals surface area contributed by atoms with E-state index in [0.29, 0.717) is 23.6 Å². The first-order valence-corrected chi connectivity index (χ1v) is 10.5. The lowest BCUT2D eigenvalue weighted by Crippen LogP contribution is -2.35. The fourth-order valence-corrected chi connectivity index (χ4v) is 3.61. The predicted octanol–water partition coefficient (Wildman–Crippen LogP) is 3.22. The quantitative estimate of drug-likeness (QED) is 0.346. The van der Waals surface area contributed by atoms with E-state index in [4.69, 9.17) is 20.6 Å². The highest BCUT2D eigenvalue weighted by Crippen LogP contribution is 2.34. The number of anilines is 1. The van der Waals surface area contributed by atoms with Crippen molar-refractivity contribution in [3.63, 3.8) is 0 Å². The molecule has 172 valence electrons. The zero-order valence-electron chi connectivity index (χ0n) is 18.2. The van der Waals surface area contributed by atoms with Crippen LogP contribution < -0.4 is 20.5 Å². The molecule has 1 atom stereocenters. The highest BCUT2D eigenvalue weighted by Gasteiger charge is 2.28. The van der Waals surface area contributed by atoms with Crippen LogP contribution in [0.1, 0.15) is 36.9 Å². The third kappa shape index (κ3) is 5.67. The summed E-state index contributed by atoms with van der Waals surface area (Å²) in [5.74, 6) is -1.75. The molecule has 5 N–H and O–H groups in total. The fourth-order valence-electron chi connectivity index (χ4n) is 3.61. The Bertz CT molecular complexity index is 959. The van der Waals surface area contributed by atoms with Gasteiger partial charge >= 0.3 is 5.97 Å². The summed E-state index contributed by atoms with van der Waals surface area (Å²) in [6.45, 7) is 3.83. The number of ether oxygens (including phenoxy) is 2. The van der Waals surface area contributed by atoms with Gasteiger partial charge in [0.05, 0.1) is 6.61 Å². The van der Waals surface area contributed by atoms with Gasteiger partial charge in [0, 0.05) is 36.0 Å². The number of hydrogen-bond donors (Lipinski definition) is 4. The Kier molecular flexibility index (Phi) is 7.53. The molecule has 2 aromatic rings. The number of benzene rings is 2. The van der Waals surface area contributed by atoms with Gasteiger partial charge in [-0.3, -0.25) is 5.41 Å². The van der Waals surface area contributed by atoms with Crippen LogP contribution in [0.5, 0.6) is 11.5 Å². The van der Waals surface area contributed by atoms with Crippen LogP contribution in [-0.4, -0.2) is 54.7 Å². The number of amidine groups is 1. The number of piperidine rings is 1. The van der Waals surface area contributed by atoms with Crippen molar-refractivity contribution in [3.8, 4) is 11.5 Å². The van der Waals surface area contributed by atoms with E-state index in [1.807, 2.05) is 7.05 Å². The van der Waals surface area contributed by atoms with Crippen LogP contribution in [0.25, 0.3) is 0 Å². The van der Waals surface area contributed by atoms with Gasteiger partial charge < -0.3 is 30.5 Å². The molecule has 9 heteroatoms. The Morgan fingerprint density at radius 3 is 2.53 bits per heavy atom. The maximum absolute atomic E-state index is 15.5. The van der Waals surface area contributed by atoms with Gasteiger partial charge in [-0.1, -0.05) is 0 Å². The molecule has 0 bridgehead atoms. The molecule has 32 heavy (non-hydrogen) atoms. The Morgan fingerprint density at radius 2 is 1.97 bits per heavy atom. The number of likely N-dealkylation sites (tertiary alicyclic amines) is 1. The second-order valence-corrected chi connectivity index (χ2v) is 7.78. The molecule has 3 rings (SSSR count). The summed E-state index contributed by atoms with van der Waals surface area (Å²) >= 11 is 0. The van der Waals surface area contributed by atoms with Gasteiger partial charge in [-0.05, 0) is 57.1 Å². The zero-order chi connectivity index (χ0) is 23.3. The summed E-state index contributed by atoms with van der Waals surface area (Å²) in [4.78, 5) is 14.2. The molecule has 0 aromatic heterocycles. The van der Waals surface area contributed by atoms with E-state index in [1.54, 1.807) is 31.2 Å². The van der Waals surface area contributed by atoms with Crippen molar-refractivity contribution < 1.29 is 23.8 Å². The molecule has 1 heterocycles. The van der Waals surface area contributed by atoms with Gasteiger partial charge in [0.1, 0.15) is 17.7 Å². The number of carbonyl (C=O) groups is 1. The zero-order valence-corrected chi connectivity index (χ0v) is 18.2. The molecule has 1 aliphatic rings. The maximum Gasteiger partial charge on any atom is 0.330 e. The van der Waals surface area contributed by atoms with Crippen molar-refractivity contribution in [2.75, 3.05) is 32.1 Å². The topological polar surface area (TPSA) is 121 Å². The minimum absolute atomic E-state index is 0.0134. The summed E-state index contributed by atoms with van der Waals surface area (Å²) in [6, 6.07) is 7.84. The number of hydrogen-bond acceptors (Lipinski definition) is 6. The van der Waals surface area contributed by atoms with Crippen molar-refractivity contribution in [3.05, 3.63) is 53.3 Å². The summed E-state index contributed by atoms with van der Waals surface area (Å²) in [6.07, 6.45) is 1.36. The number of aliphatic carboxylic acids is 1. The van der Waals surface area contributed by atoms with E-state index >= 15 is 4.39 Å². The third-order valence-electron chi connectivity index (χ3n) is 5.38. The van der Waals surface area contributed by atoms with Gasteiger partial charge in [-0.2, -0.15) is 0 Å². The smallest absolute Gasteiger partial charge is 0.330 e. The molecule has 0 spiro atoms. The molecule has 8 nitrogen and oxygen atoms in total. The molecule has 1 saturated heterocycles. The molecule has 1 unspecified atom stereocenters. The minimum Gasteiger partial charge on any atom is -0.494 e. The van der Waals surface area contributed by atoms with Crippen molar-refractivity contribution in [1.29, 1.82) is 5.41 Å². The predicted molar refractivity (Wildman–Crippen MR) is 120 cm³/mol. The summed E-state index contributed by atoms with van der Waals surface area (Å²) < 4.78 is 27.0. The molecule has 0 radical (unpaired) electrons. The van der Waals surface area contributed by atoms with E-state index in [9.17, 15) is 9.90 Å². The first kappa shape index (κ1) is 23.3. The first-order valence-electron chi connectivity index (χ1n) is 10.5. The molecule has 0 aliphatic carbocycles. The molecule has 1 fully saturated rings. The monoisotopic (exact) mass is 444 g/mol. The number of carboxylic acids is 1. The Hall–Kier alpha value is -3.33. The van der Waals surface area contributed by atoms with Crippen molar-refractivity contribution in [1.82, 2.24) is 4.90 Å². The summed E-state index contributed by atoms with van der Waals surface area (Å²) in [5.41, 5.74) is 6.32. The standard InChI is InChI=1S/C23H29FN4O4/c1-3-31-17-12-18(20(24)19(13-17)32-16-8-10-28(2)11-9-16)21(23(29)30)27-15-6-4-14(5-7-15)22(25)26/h4-7,12-13,16,21,27H,3,8-11H2,1-2H3,(H3,25,26)(H,29,30). The van der Waals surface area contributed by atoms with Crippen molar-refractivity contribution >= 4 is 17.5 Å². The average molecular weight is 445 g/mol. The normalized spacial score (nSPS) is 15.7. The first-order chi connectivity index (χ1) is 15.3. The third-order valence-corrected chi connectivity index (χ3v) is 5.38. The SMILES string of the molecule is CCOc1cc(OC2CCN(C)CC2)c(F)c(C(Nc2ccc(C(=N)N)cc2)C(=O)O)c1. The second kappa shape index (κ2) is 10.3. The number of nitrogens with two attached hydrogens (primary N) is 1. The number of nitrogens with one attached hydrogen (secondary N) is 2. The van der Waals surface area contributed by atoms with Crippen molar-refractivity contribution in [2.24, 2.45) is 5.73 Å². The number of halogens is 1. The van der Waals surface area contributed by atoms with Gasteiger partial charge in [0.25, 0.3) is 0 Å². The van der Waals surface area contributed by atoms with Gasteiger partial charge in [-0.15, -0.1) is 0 Å². The molecule has 1 aliphatic heterocycles. The lowest BCUT2D eigenvalue weighted by Gasteiger charge is -2.30. The molecule has 2 aromatic carbocycles. The maximum atomic E-state index is 15.5. The average Bonchev–Trinajstić information content (AvgIpc) is 2.76. The van der Waals surface area contributed by atoms with Crippen LogP contribution in [0, 0.1) is 11.2 Å². The van der Waals surface area contributed by atoms with E-state index in [2.05, 4.69) is 10.2 Å². The minimum atomic E-state index is -1.38. The molecular weight excluding hydrogens is 415 g/mol. The lowest BCUT2D eigenvalue weighted by molar-refractivity contribution is -0.138. The van der Waals surface area contributed by atoms with Gasteiger partial charge in [-0.25, -0.2) is 9.18 Å². The van der Waals surface area contributed by atoms with E-state index in [0.717, 1.165) is 25.9 Å². The van der Waals surface area contributed by atoms with Crippen LogP contribution in [0.2, 0.25) is 0 Å². The van der Waals surface area contributed by atoms with E-state index < -0.39 is 17.8 Å². The van der Waals surface area contributed by atoms with Crippen LogP contribution in [0.4, 0.5) is 10.1 Å². The number of nitrogens with zero attached hydrogens (tertiary/aromatic N) is 1. The summed E-state index contributed by atoms with van der Waals surface area (Å²) in [5, 5.41) is 20.2. The lowest BCUT2D eigenvalue weighted by atomic mass is 10.0. The highest BCUT2D eigenvalue weighted by molar-refractivity contribution is 5.95. The van der Waals surface area contributed by atoms with E-state index in [-0.39, 0.29) is 23.3 Å². The fraction of sp³-hybridized carbons (Fsp3) is 0.391. The van der Waals surface area contributed by atoms with E-state index in [1.165, 1.54) is 12.1 Å². The molecular formula is C23H29FN4O4. The Labute approximate surface area is 186 Å². The highest BCUT2D eigenvalue weighted by atomic mass is 19.1. The second-order valence-electron chi connectivity index (χ2n) is 7.78. The Morgan fingerprint density at radius 1 is 1.31 bits per heavy atom. The molecule has 0 saturated carbocycles. The summed E-state index contributed by atoms with van der Waals surface area (Å²) in [7, 11) is 2.02. The Balaban J connectivity index is 1.91. The van der Waals surface area contributed by atoms with Gasteiger partial charge in [0.2, 0.25) is 0 Å². The number of carboxylic acid groups (broad SMARTS) is 1. The van der Waals surface area contributed by atoms with Crippen molar-refractivity contribution in [2.45, 2.75) is 31.9 Å². The van der Waals surface area contributed by atoms with Gasteiger partial charge in [0.15, 0.2) is 17.6 Å². The number of nitrogen functional groups attached to an aromatic ring is 1.